The van der Waals surface area contributed by atoms with Gasteiger partial charge in [-0.25, -0.2) is 4.39 Å². The van der Waals surface area contributed by atoms with Gasteiger partial charge in [-0.2, -0.15) is 0 Å². The number of hydrogen-bond donors (Lipinski definition) is 1. The summed E-state index contributed by atoms with van der Waals surface area (Å²) in [7, 11) is 0. The molecule has 100 valence electrons. The lowest BCUT2D eigenvalue weighted by Crippen LogP contribution is -2.45. The number of alkyl halides is 1. The summed E-state index contributed by atoms with van der Waals surface area (Å²) >= 11 is 0. The van der Waals surface area contributed by atoms with Crippen LogP contribution in [0.1, 0.15) is 24.2 Å². The molecule has 2 aromatic heterocycles. The van der Waals surface area contributed by atoms with Crippen LogP contribution in [0, 0.1) is 0 Å². The molecule has 5 heteroatoms. The van der Waals surface area contributed by atoms with Gasteiger partial charge < -0.3 is 9.73 Å². The maximum atomic E-state index is 12.7. The maximum absolute atomic E-state index is 12.7. The van der Waals surface area contributed by atoms with Crippen LogP contribution < -0.4 is 5.32 Å². The van der Waals surface area contributed by atoms with E-state index in [1.165, 1.54) is 12.5 Å². The smallest absolute Gasteiger partial charge is 0.251 e. The molecule has 0 fully saturated rings. The Hall–Kier alpha value is -2.17. The largest absolute Gasteiger partial charge is 0.463 e. The van der Waals surface area contributed by atoms with Crippen molar-refractivity contribution in [3.8, 4) is 11.5 Å². The summed E-state index contributed by atoms with van der Waals surface area (Å²) in [6.45, 7) is 2.62. The summed E-state index contributed by atoms with van der Waals surface area (Å²) in [4.78, 5) is 16.1. The molecule has 0 aliphatic rings. The van der Waals surface area contributed by atoms with E-state index in [4.69, 9.17) is 4.42 Å². The molecule has 2 rings (SSSR count). The van der Waals surface area contributed by atoms with Crippen molar-refractivity contribution in [2.24, 2.45) is 0 Å². The van der Waals surface area contributed by atoms with Crippen molar-refractivity contribution in [3.63, 3.8) is 0 Å². The zero-order valence-corrected chi connectivity index (χ0v) is 10.8. The van der Waals surface area contributed by atoms with E-state index >= 15 is 0 Å². The van der Waals surface area contributed by atoms with Gasteiger partial charge in [-0.1, -0.05) is 0 Å². The molecule has 1 amide bonds. The number of hydrogen-bond acceptors (Lipinski definition) is 3. The molecule has 2 heterocycles. The molecule has 0 bridgehead atoms. The van der Waals surface area contributed by atoms with E-state index in [2.05, 4.69) is 10.3 Å². The molecule has 0 saturated carbocycles. The Morgan fingerprint density at radius 3 is 2.89 bits per heavy atom. The van der Waals surface area contributed by atoms with Crippen molar-refractivity contribution in [2.75, 3.05) is 6.67 Å². The molecule has 0 aliphatic carbocycles. The minimum absolute atomic E-state index is 0.335. The van der Waals surface area contributed by atoms with Crippen molar-refractivity contribution in [1.82, 2.24) is 10.3 Å². The van der Waals surface area contributed by atoms with Gasteiger partial charge in [0.05, 0.1) is 11.8 Å². The molecular formula is C14H15FN2O2. The lowest BCUT2D eigenvalue weighted by atomic mass is 10.1. The predicted octanol–water partition coefficient (Wildman–Crippen LogP) is 2.82. The van der Waals surface area contributed by atoms with Crippen LogP contribution in [0.5, 0.6) is 0 Å². The quantitative estimate of drug-likeness (QED) is 0.921. The number of aromatic nitrogens is 1. The molecule has 0 saturated heterocycles. The molecular weight excluding hydrogens is 247 g/mol. The number of halogens is 1. The Bertz CT molecular complexity index is 565. The summed E-state index contributed by atoms with van der Waals surface area (Å²) in [6.07, 6.45) is 3.06. The van der Waals surface area contributed by atoms with Gasteiger partial charge >= 0.3 is 0 Å². The first kappa shape index (κ1) is 13.3. The first-order valence-corrected chi connectivity index (χ1v) is 5.90. The highest BCUT2D eigenvalue weighted by Crippen LogP contribution is 2.18. The van der Waals surface area contributed by atoms with E-state index < -0.39 is 12.2 Å². The van der Waals surface area contributed by atoms with Gasteiger partial charge in [0.15, 0.2) is 5.76 Å². The fourth-order valence-electron chi connectivity index (χ4n) is 1.54. The lowest BCUT2D eigenvalue weighted by Gasteiger charge is -2.22. The zero-order chi connectivity index (χ0) is 13.9. The van der Waals surface area contributed by atoms with E-state index in [-0.39, 0.29) is 5.91 Å². The van der Waals surface area contributed by atoms with Crippen LogP contribution in [0.3, 0.4) is 0 Å². The number of amides is 1. The Labute approximate surface area is 110 Å². The highest BCUT2D eigenvalue weighted by molar-refractivity contribution is 5.95. The minimum atomic E-state index is -0.884. The first-order chi connectivity index (χ1) is 9.02. The average molecular weight is 262 g/mol. The average Bonchev–Trinajstić information content (AvgIpc) is 2.92. The van der Waals surface area contributed by atoms with Gasteiger partial charge in [-0.05, 0) is 38.1 Å². The molecule has 0 unspecified atom stereocenters. The SMILES string of the molecule is CC(C)(CF)NC(=O)c1ccnc(-c2ccco2)c1. The Kier molecular flexibility index (Phi) is 3.64. The van der Waals surface area contributed by atoms with Crippen LogP contribution in [-0.2, 0) is 0 Å². The standard InChI is InChI=1S/C14H15FN2O2/c1-14(2,9-15)17-13(18)10-5-6-16-11(8-10)12-4-3-7-19-12/h3-8H,9H2,1-2H3,(H,17,18). The third-order valence-electron chi connectivity index (χ3n) is 2.58. The van der Waals surface area contributed by atoms with Crippen molar-refractivity contribution in [1.29, 1.82) is 0 Å². The number of nitrogens with zero attached hydrogens (tertiary/aromatic N) is 1. The molecule has 0 atom stereocenters. The van der Waals surface area contributed by atoms with Crippen LogP contribution in [0.2, 0.25) is 0 Å². The topological polar surface area (TPSA) is 55.1 Å². The van der Waals surface area contributed by atoms with Crippen LogP contribution in [-0.4, -0.2) is 23.1 Å². The molecule has 0 radical (unpaired) electrons. The highest BCUT2D eigenvalue weighted by Gasteiger charge is 2.21. The van der Waals surface area contributed by atoms with Crippen molar-refractivity contribution in [3.05, 3.63) is 42.3 Å². The monoisotopic (exact) mass is 262 g/mol. The van der Waals surface area contributed by atoms with Gasteiger partial charge in [0.2, 0.25) is 0 Å². The first-order valence-electron chi connectivity index (χ1n) is 5.90. The number of carbonyl (C=O) groups is 1. The summed E-state index contributed by atoms with van der Waals surface area (Å²) < 4.78 is 17.9. The fourth-order valence-corrected chi connectivity index (χ4v) is 1.54. The molecule has 19 heavy (non-hydrogen) atoms. The summed E-state index contributed by atoms with van der Waals surface area (Å²) in [5, 5.41) is 2.62. The van der Waals surface area contributed by atoms with E-state index in [0.717, 1.165) is 0 Å². The Balaban J connectivity index is 2.22. The molecule has 2 aromatic rings. The van der Waals surface area contributed by atoms with Crippen LogP contribution in [0.15, 0.2) is 41.1 Å². The summed E-state index contributed by atoms with van der Waals surface area (Å²) in [5.41, 5.74) is 0.101. The minimum Gasteiger partial charge on any atom is -0.463 e. The maximum Gasteiger partial charge on any atom is 0.251 e. The summed E-state index contributed by atoms with van der Waals surface area (Å²) in [5.74, 6) is 0.247. The molecule has 0 aromatic carbocycles. The molecule has 0 aliphatic heterocycles. The number of furan rings is 1. The van der Waals surface area contributed by atoms with Crippen LogP contribution in [0.25, 0.3) is 11.5 Å². The van der Waals surface area contributed by atoms with E-state index in [1.807, 2.05) is 0 Å². The second-order valence-corrected chi connectivity index (χ2v) is 4.88. The molecule has 1 N–H and O–H groups in total. The van der Waals surface area contributed by atoms with Crippen molar-refractivity contribution < 1.29 is 13.6 Å². The highest BCUT2D eigenvalue weighted by atomic mass is 19.1. The lowest BCUT2D eigenvalue weighted by molar-refractivity contribution is 0.0899. The normalized spacial score (nSPS) is 11.3. The van der Waals surface area contributed by atoms with Crippen LogP contribution >= 0.6 is 0 Å². The molecule has 4 nitrogen and oxygen atoms in total. The van der Waals surface area contributed by atoms with Gasteiger partial charge in [-0.3, -0.25) is 9.78 Å². The molecule has 0 spiro atoms. The number of carbonyl (C=O) groups excluding carboxylic acids is 1. The second kappa shape index (κ2) is 5.22. The predicted molar refractivity (Wildman–Crippen MR) is 69.5 cm³/mol. The van der Waals surface area contributed by atoms with E-state index in [1.54, 1.807) is 38.1 Å². The number of nitrogens with one attached hydrogen (secondary N) is 1. The Morgan fingerprint density at radius 1 is 1.47 bits per heavy atom. The second-order valence-electron chi connectivity index (χ2n) is 4.88. The fraction of sp³-hybridized carbons (Fsp3) is 0.286. The van der Waals surface area contributed by atoms with Gasteiger partial charge in [0, 0.05) is 11.8 Å². The van der Waals surface area contributed by atoms with Crippen molar-refractivity contribution in [2.45, 2.75) is 19.4 Å². The van der Waals surface area contributed by atoms with Gasteiger partial charge in [0.1, 0.15) is 12.4 Å². The van der Waals surface area contributed by atoms with Crippen LogP contribution in [0.4, 0.5) is 4.39 Å². The van der Waals surface area contributed by atoms with E-state index in [0.29, 0.717) is 17.0 Å². The van der Waals surface area contributed by atoms with Gasteiger partial charge in [-0.15, -0.1) is 0 Å². The van der Waals surface area contributed by atoms with Crippen molar-refractivity contribution >= 4 is 5.91 Å². The van der Waals surface area contributed by atoms with E-state index in [9.17, 15) is 9.18 Å². The zero-order valence-electron chi connectivity index (χ0n) is 10.8. The van der Waals surface area contributed by atoms with Gasteiger partial charge in [0.25, 0.3) is 5.91 Å². The third kappa shape index (κ3) is 3.19. The number of rotatable bonds is 4. The Morgan fingerprint density at radius 2 is 2.26 bits per heavy atom. The summed E-state index contributed by atoms with van der Waals surface area (Å²) in [6, 6.07) is 6.70. The number of pyridine rings is 1. The third-order valence-corrected chi connectivity index (χ3v) is 2.58.